The molecule has 0 aliphatic heterocycles. The van der Waals surface area contributed by atoms with E-state index in [1.807, 2.05) is 28.0 Å². The summed E-state index contributed by atoms with van der Waals surface area (Å²) in [6.07, 6.45) is 7.38. The molecule has 0 saturated heterocycles. The molecule has 0 N–H and O–H groups in total. The quantitative estimate of drug-likeness (QED) is 0.469. The van der Waals surface area contributed by atoms with Gasteiger partial charge in [-0.05, 0) is 43.9 Å². The van der Waals surface area contributed by atoms with Crippen LogP contribution in [0.1, 0.15) is 67.2 Å². The Morgan fingerprint density at radius 1 is 0.968 bits per heavy atom. The predicted molar refractivity (Wildman–Crippen MR) is 128 cm³/mol. The lowest BCUT2D eigenvalue weighted by Gasteiger charge is -2.31. The summed E-state index contributed by atoms with van der Waals surface area (Å²) < 4.78 is 0. The maximum Gasteiger partial charge on any atom is 0.242 e. The molecule has 1 aromatic heterocycles. The molecule has 1 aliphatic carbocycles. The number of amides is 2. The lowest BCUT2D eigenvalue weighted by atomic mass is 9.88. The number of hydrogen-bond donors (Lipinski definition) is 0. The highest BCUT2D eigenvalue weighted by Gasteiger charge is 2.28. The molecule has 3 rings (SSSR count). The zero-order chi connectivity index (χ0) is 22.1. The number of aryl methyl sites for hydroxylation is 1. The summed E-state index contributed by atoms with van der Waals surface area (Å²) in [4.78, 5) is 32.9. The first-order chi connectivity index (χ1) is 15.1. The summed E-state index contributed by atoms with van der Waals surface area (Å²) in [5.41, 5.74) is 1.11. The molecule has 1 aliphatic rings. The van der Waals surface area contributed by atoms with Crippen LogP contribution in [0.3, 0.4) is 0 Å². The van der Waals surface area contributed by atoms with Gasteiger partial charge in [0, 0.05) is 28.8 Å². The SMILES string of the molecule is CCCCN(CC(=O)N(Cc1ccccc1)Cc1ccc(C)s1)C(=O)C1CCCCC1. The number of hydrogen-bond acceptors (Lipinski definition) is 3. The van der Waals surface area contributed by atoms with Gasteiger partial charge in [-0.1, -0.05) is 62.9 Å². The number of thiophene rings is 1. The largest absolute Gasteiger partial charge is 0.333 e. The average molecular weight is 441 g/mol. The Hall–Kier alpha value is -2.14. The molecule has 1 saturated carbocycles. The summed E-state index contributed by atoms with van der Waals surface area (Å²) in [5.74, 6) is 0.323. The lowest BCUT2D eigenvalue weighted by molar-refractivity contribution is -0.144. The fourth-order valence-electron chi connectivity index (χ4n) is 4.28. The molecule has 0 unspecified atom stereocenters. The van der Waals surface area contributed by atoms with E-state index < -0.39 is 0 Å². The minimum Gasteiger partial charge on any atom is -0.333 e. The van der Waals surface area contributed by atoms with Crippen LogP contribution < -0.4 is 0 Å². The van der Waals surface area contributed by atoms with E-state index in [-0.39, 0.29) is 24.3 Å². The summed E-state index contributed by atoms with van der Waals surface area (Å²) in [6.45, 7) is 6.24. The van der Waals surface area contributed by atoms with Crippen LogP contribution in [0.5, 0.6) is 0 Å². The van der Waals surface area contributed by atoms with Crippen molar-refractivity contribution in [1.82, 2.24) is 9.80 Å². The lowest BCUT2D eigenvalue weighted by Crippen LogP contribution is -2.45. The maximum absolute atomic E-state index is 13.5. The third kappa shape index (κ3) is 7.20. The van der Waals surface area contributed by atoms with E-state index in [9.17, 15) is 9.59 Å². The van der Waals surface area contributed by atoms with Gasteiger partial charge in [-0.15, -0.1) is 11.3 Å². The van der Waals surface area contributed by atoms with Gasteiger partial charge in [-0.2, -0.15) is 0 Å². The molecule has 0 spiro atoms. The van der Waals surface area contributed by atoms with Gasteiger partial charge >= 0.3 is 0 Å². The third-order valence-electron chi connectivity index (χ3n) is 6.09. The summed E-state index contributed by atoms with van der Waals surface area (Å²) in [6, 6.07) is 14.3. The van der Waals surface area contributed by atoms with Gasteiger partial charge in [-0.3, -0.25) is 9.59 Å². The number of carbonyl (C=O) groups excluding carboxylic acids is 2. The van der Waals surface area contributed by atoms with Crippen LogP contribution in [0, 0.1) is 12.8 Å². The maximum atomic E-state index is 13.5. The Labute approximate surface area is 191 Å². The van der Waals surface area contributed by atoms with Crippen LogP contribution in [-0.2, 0) is 22.7 Å². The molecule has 2 aromatic rings. The molecule has 1 aromatic carbocycles. The zero-order valence-corrected chi connectivity index (χ0v) is 19.8. The normalized spacial score (nSPS) is 14.4. The first-order valence-corrected chi connectivity index (χ1v) is 12.5. The van der Waals surface area contributed by atoms with E-state index in [0.717, 1.165) is 44.1 Å². The molecule has 1 fully saturated rings. The van der Waals surface area contributed by atoms with Crippen molar-refractivity contribution in [3.8, 4) is 0 Å². The summed E-state index contributed by atoms with van der Waals surface area (Å²) in [7, 11) is 0. The second kappa shape index (κ2) is 12.0. The van der Waals surface area contributed by atoms with Gasteiger partial charge in [0.15, 0.2) is 0 Å². The molecule has 0 atom stereocenters. The minimum absolute atomic E-state index is 0.0372. The zero-order valence-electron chi connectivity index (χ0n) is 19.0. The number of nitrogens with zero attached hydrogens (tertiary/aromatic N) is 2. The predicted octanol–water partition coefficient (Wildman–Crippen LogP) is 5.79. The molecule has 31 heavy (non-hydrogen) atoms. The van der Waals surface area contributed by atoms with Crippen LogP contribution in [0.25, 0.3) is 0 Å². The summed E-state index contributed by atoms with van der Waals surface area (Å²) in [5, 5.41) is 0. The van der Waals surface area contributed by atoms with Crippen LogP contribution in [0.2, 0.25) is 0 Å². The molecule has 1 heterocycles. The van der Waals surface area contributed by atoms with Gasteiger partial charge in [0.25, 0.3) is 0 Å². The van der Waals surface area contributed by atoms with Crippen molar-refractivity contribution in [1.29, 1.82) is 0 Å². The van der Waals surface area contributed by atoms with Crippen LogP contribution >= 0.6 is 11.3 Å². The van der Waals surface area contributed by atoms with Crippen molar-refractivity contribution >= 4 is 23.2 Å². The van der Waals surface area contributed by atoms with Gasteiger partial charge in [0.1, 0.15) is 0 Å². The minimum atomic E-state index is 0.0372. The van der Waals surface area contributed by atoms with Gasteiger partial charge in [-0.25, -0.2) is 0 Å². The first-order valence-electron chi connectivity index (χ1n) is 11.7. The highest BCUT2D eigenvalue weighted by Crippen LogP contribution is 2.26. The van der Waals surface area contributed by atoms with E-state index in [1.54, 1.807) is 11.3 Å². The van der Waals surface area contributed by atoms with Gasteiger partial charge < -0.3 is 9.80 Å². The van der Waals surface area contributed by atoms with Crippen LogP contribution in [-0.4, -0.2) is 34.7 Å². The Morgan fingerprint density at radius 2 is 1.71 bits per heavy atom. The molecule has 4 nitrogen and oxygen atoms in total. The Bertz CT molecular complexity index is 827. The molecule has 5 heteroatoms. The van der Waals surface area contributed by atoms with Crippen LogP contribution in [0.4, 0.5) is 0 Å². The molecule has 2 amide bonds. The fourth-order valence-corrected chi connectivity index (χ4v) is 5.19. The monoisotopic (exact) mass is 440 g/mol. The molecule has 0 radical (unpaired) electrons. The van der Waals surface area contributed by atoms with Crippen molar-refractivity contribution in [2.45, 2.75) is 71.9 Å². The highest BCUT2D eigenvalue weighted by molar-refractivity contribution is 7.11. The second-order valence-electron chi connectivity index (χ2n) is 8.70. The molecular weight excluding hydrogens is 404 g/mol. The van der Waals surface area contributed by atoms with Crippen molar-refractivity contribution in [2.75, 3.05) is 13.1 Å². The highest BCUT2D eigenvalue weighted by atomic mass is 32.1. The second-order valence-corrected chi connectivity index (χ2v) is 10.1. The first kappa shape index (κ1) is 23.5. The number of benzene rings is 1. The Balaban J connectivity index is 1.73. The van der Waals surface area contributed by atoms with E-state index >= 15 is 0 Å². The standard InChI is InChI=1S/C26H36N2O2S/c1-3-4-17-27(26(30)23-13-9-6-10-14-23)20-25(29)28(18-22-11-7-5-8-12-22)19-24-16-15-21(2)31-24/h5,7-8,11-12,15-16,23H,3-4,6,9-10,13-14,17-20H2,1-2H3. The number of carbonyl (C=O) groups is 2. The number of rotatable bonds is 10. The van der Waals surface area contributed by atoms with E-state index in [1.165, 1.54) is 16.2 Å². The molecule has 0 bridgehead atoms. The van der Waals surface area contributed by atoms with Crippen molar-refractivity contribution in [3.63, 3.8) is 0 Å². The Kier molecular flexibility index (Phi) is 9.13. The van der Waals surface area contributed by atoms with E-state index in [0.29, 0.717) is 19.6 Å². The van der Waals surface area contributed by atoms with E-state index in [4.69, 9.17) is 0 Å². The Morgan fingerprint density at radius 3 is 2.35 bits per heavy atom. The summed E-state index contributed by atoms with van der Waals surface area (Å²) >= 11 is 1.73. The van der Waals surface area contributed by atoms with Crippen LogP contribution in [0.15, 0.2) is 42.5 Å². The van der Waals surface area contributed by atoms with Crippen molar-refractivity contribution in [3.05, 3.63) is 57.8 Å². The van der Waals surface area contributed by atoms with Gasteiger partial charge in [0.2, 0.25) is 11.8 Å². The number of unbranched alkanes of at least 4 members (excludes halogenated alkanes) is 1. The van der Waals surface area contributed by atoms with Gasteiger partial charge in [0.05, 0.1) is 13.1 Å². The van der Waals surface area contributed by atoms with E-state index in [2.05, 4.69) is 38.1 Å². The third-order valence-corrected chi connectivity index (χ3v) is 7.07. The molecular formula is C26H36N2O2S. The molecule has 168 valence electrons. The van der Waals surface area contributed by atoms with Crippen molar-refractivity contribution in [2.24, 2.45) is 5.92 Å². The smallest absolute Gasteiger partial charge is 0.242 e. The average Bonchev–Trinajstić information content (AvgIpc) is 3.21. The van der Waals surface area contributed by atoms with Crippen molar-refractivity contribution < 1.29 is 9.59 Å². The topological polar surface area (TPSA) is 40.6 Å². The fraction of sp³-hybridized carbons (Fsp3) is 0.538.